The summed E-state index contributed by atoms with van der Waals surface area (Å²) in [6.07, 6.45) is 6.09. The van der Waals surface area contributed by atoms with E-state index in [9.17, 15) is 14.9 Å². The highest BCUT2D eigenvalue weighted by molar-refractivity contribution is 5.98. The van der Waals surface area contributed by atoms with E-state index >= 15 is 0 Å². The smallest absolute Gasteiger partial charge is 0.247 e. The number of hydrogen-bond donors (Lipinski definition) is 2. The number of oxazole rings is 1. The van der Waals surface area contributed by atoms with Gasteiger partial charge in [0.15, 0.2) is 17.7 Å². The first-order valence-electron chi connectivity index (χ1n) is 11.0. The van der Waals surface area contributed by atoms with Crippen LogP contribution in [-0.2, 0) is 9.59 Å². The molecule has 1 aromatic heterocycles. The second-order valence-electron chi connectivity index (χ2n) is 8.11. The lowest BCUT2D eigenvalue weighted by Crippen LogP contribution is -2.45. The van der Waals surface area contributed by atoms with E-state index in [1.807, 2.05) is 11.1 Å². The Kier molecular flexibility index (Phi) is 6.54. The maximum atomic E-state index is 13.2. The number of nitrogens with zero attached hydrogens (tertiary/aromatic N) is 5. The zero-order valence-electron chi connectivity index (χ0n) is 18.1. The predicted molar refractivity (Wildman–Crippen MR) is 119 cm³/mol. The minimum absolute atomic E-state index is 0.00960. The molecule has 1 aromatic carbocycles. The van der Waals surface area contributed by atoms with Gasteiger partial charge in [-0.05, 0) is 44.2 Å². The Balaban J connectivity index is 1.49. The Hall–Kier alpha value is -3.61. The molecule has 2 aliphatic heterocycles. The molecule has 168 valence electrons. The maximum Gasteiger partial charge on any atom is 0.247 e. The number of amides is 2. The molecule has 2 N–H and O–H groups in total. The number of aromatic nitrogens is 1. The maximum absolute atomic E-state index is 13.2. The number of rotatable bonds is 4. The summed E-state index contributed by atoms with van der Waals surface area (Å²) in [6.45, 7) is 3.92. The van der Waals surface area contributed by atoms with Gasteiger partial charge in [0.1, 0.15) is 11.6 Å². The van der Waals surface area contributed by atoms with Crippen LogP contribution in [0.4, 0.5) is 5.69 Å². The molecule has 0 saturated carbocycles. The molecule has 2 aliphatic rings. The number of anilines is 1. The highest BCUT2D eigenvalue weighted by Gasteiger charge is 2.30. The number of nitriles is 1. The van der Waals surface area contributed by atoms with Gasteiger partial charge < -0.3 is 19.5 Å². The molecule has 10 nitrogen and oxygen atoms in total. The molecular weight excluding hydrogens is 410 g/mol. The molecule has 0 aliphatic carbocycles. The summed E-state index contributed by atoms with van der Waals surface area (Å²) in [5.41, 5.74) is 2.00. The summed E-state index contributed by atoms with van der Waals surface area (Å²) in [5, 5.41) is 14.8. The molecule has 3 heterocycles. The third kappa shape index (κ3) is 4.99. The summed E-state index contributed by atoms with van der Waals surface area (Å²) in [4.78, 5) is 37.9. The summed E-state index contributed by atoms with van der Waals surface area (Å²) in [6, 6.07) is 4.71. The molecule has 10 heteroatoms. The van der Waals surface area contributed by atoms with Crippen molar-refractivity contribution >= 4 is 34.6 Å². The van der Waals surface area contributed by atoms with E-state index < -0.39 is 6.04 Å². The van der Waals surface area contributed by atoms with Gasteiger partial charge in [0, 0.05) is 38.3 Å². The monoisotopic (exact) mass is 437 g/mol. The highest BCUT2D eigenvalue weighted by atomic mass is 16.3. The summed E-state index contributed by atoms with van der Waals surface area (Å²) >= 11 is 0. The van der Waals surface area contributed by atoms with Crippen molar-refractivity contribution in [1.29, 1.82) is 5.26 Å². The van der Waals surface area contributed by atoms with Gasteiger partial charge in [-0.25, -0.2) is 9.98 Å². The van der Waals surface area contributed by atoms with Crippen LogP contribution in [0, 0.1) is 18.4 Å². The van der Waals surface area contributed by atoms with Gasteiger partial charge in [-0.3, -0.25) is 14.9 Å². The zero-order valence-corrected chi connectivity index (χ0v) is 18.1. The van der Waals surface area contributed by atoms with Gasteiger partial charge in [0.2, 0.25) is 17.8 Å². The third-order valence-corrected chi connectivity index (χ3v) is 5.75. The molecule has 2 fully saturated rings. The van der Waals surface area contributed by atoms with Crippen molar-refractivity contribution in [1.82, 2.24) is 20.1 Å². The first-order chi connectivity index (χ1) is 15.5. The minimum atomic E-state index is -0.663. The highest BCUT2D eigenvalue weighted by Crippen LogP contribution is 2.21. The van der Waals surface area contributed by atoms with E-state index in [0.717, 1.165) is 44.3 Å². The van der Waals surface area contributed by atoms with Gasteiger partial charge in [-0.2, -0.15) is 5.26 Å². The first kappa shape index (κ1) is 21.6. The van der Waals surface area contributed by atoms with E-state index in [4.69, 9.17) is 4.42 Å². The normalized spacial score (nSPS) is 19.7. The Labute approximate surface area is 186 Å². The van der Waals surface area contributed by atoms with Gasteiger partial charge in [0.25, 0.3) is 0 Å². The Morgan fingerprint density at radius 2 is 2.06 bits per heavy atom. The largest absolute Gasteiger partial charge is 0.441 e. The van der Waals surface area contributed by atoms with E-state index in [2.05, 4.69) is 20.6 Å². The summed E-state index contributed by atoms with van der Waals surface area (Å²) in [5.74, 6) is 0.544. The van der Waals surface area contributed by atoms with E-state index in [1.165, 1.54) is 0 Å². The Bertz CT molecular complexity index is 1070. The Morgan fingerprint density at radius 1 is 1.28 bits per heavy atom. The number of guanidine groups is 1. The van der Waals surface area contributed by atoms with E-state index in [1.54, 1.807) is 30.0 Å². The molecular formula is C22H27N7O3. The summed E-state index contributed by atoms with van der Waals surface area (Å²) < 4.78 is 5.55. The van der Waals surface area contributed by atoms with Gasteiger partial charge >= 0.3 is 0 Å². The van der Waals surface area contributed by atoms with Crippen molar-refractivity contribution in [2.75, 3.05) is 31.5 Å². The molecule has 1 atom stereocenters. The quantitative estimate of drug-likeness (QED) is 0.324. The standard InChI is InChI=1S/C22H27N7O3/c1-15-25-17-8-7-16(12-19(17)32-15)26-22(24-14-23)27-18-6-2-3-11-29(21(18)31)13-20(30)28-9-4-5-10-28/h7-8,12,18H,2-6,9-11,13H2,1H3,(H2,24,26,27)/t18-/m0/s1. The fraction of sp³-hybridized carbons (Fsp3) is 0.500. The average Bonchev–Trinajstić information content (AvgIpc) is 3.39. The van der Waals surface area contributed by atoms with Crippen LogP contribution in [0.2, 0.25) is 0 Å². The molecule has 0 unspecified atom stereocenters. The van der Waals surface area contributed by atoms with Crippen LogP contribution >= 0.6 is 0 Å². The van der Waals surface area contributed by atoms with Crippen molar-refractivity contribution in [3.63, 3.8) is 0 Å². The predicted octanol–water partition coefficient (Wildman–Crippen LogP) is 1.98. The molecule has 2 saturated heterocycles. The lowest BCUT2D eigenvalue weighted by molar-refractivity contribution is -0.140. The number of carbonyl (C=O) groups excluding carboxylic acids is 2. The zero-order chi connectivity index (χ0) is 22.5. The lowest BCUT2D eigenvalue weighted by atomic mass is 10.1. The van der Waals surface area contributed by atoms with Crippen LogP contribution in [0.3, 0.4) is 0 Å². The van der Waals surface area contributed by atoms with Crippen LogP contribution in [-0.4, -0.2) is 64.8 Å². The van der Waals surface area contributed by atoms with Crippen molar-refractivity contribution in [2.24, 2.45) is 4.99 Å². The second kappa shape index (κ2) is 9.68. The number of nitrogens with one attached hydrogen (secondary N) is 2. The Morgan fingerprint density at radius 3 is 2.84 bits per heavy atom. The molecule has 32 heavy (non-hydrogen) atoms. The first-order valence-corrected chi connectivity index (χ1v) is 11.0. The number of aryl methyl sites for hydroxylation is 1. The van der Waals surface area contributed by atoms with Crippen LogP contribution in [0.25, 0.3) is 11.1 Å². The van der Waals surface area contributed by atoms with Gasteiger partial charge in [0.05, 0.1) is 6.54 Å². The number of fused-ring (bicyclic) bond motifs is 1. The topological polar surface area (TPSA) is 127 Å². The molecule has 0 bridgehead atoms. The minimum Gasteiger partial charge on any atom is -0.441 e. The summed E-state index contributed by atoms with van der Waals surface area (Å²) in [7, 11) is 0. The number of aliphatic imine (C=N–C) groups is 1. The fourth-order valence-corrected chi connectivity index (χ4v) is 4.15. The van der Waals surface area contributed by atoms with Gasteiger partial charge in [-0.15, -0.1) is 0 Å². The molecule has 2 aromatic rings. The van der Waals surface area contributed by atoms with E-state index in [-0.39, 0.29) is 24.3 Å². The number of hydrogen-bond acceptors (Lipinski definition) is 6. The molecule has 0 spiro atoms. The number of carbonyl (C=O) groups is 2. The lowest BCUT2D eigenvalue weighted by Gasteiger charge is -2.25. The fourth-order valence-electron chi connectivity index (χ4n) is 4.15. The number of likely N-dealkylation sites (tertiary alicyclic amines) is 2. The molecule has 2 amide bonds. The molecule has 4 rings (SSSR count). The SMILES string of the molecule is Cc1nc2ccc(NC(=N[C@H]3CCCCN(CC(=O)N4CCCC4)C3=O)NC#N)cc2o1. The van der Waals surface area contributed by atoms with Crippen molar-refractivity contribution in [2.45, 2.75) is 45.1 Å². The van der Waals surface area contributed by atoms with Gasteiger partial charge in [-0.1, -0.05) is 0 Å². The van der Waals surface area contributed by atoms with Crippen molar-refractivity contribution in [3.8, 4) is 6.19 Å². The number of benzene rings is 1. The van der Waals surface area contributed by atoms with Crippen LogP contribution < -0.4 is 10.6 Å². The third-order valence-electron chi connectivity index (χ3n) is 5.75. The van der Waals surface area contributed by atoms with Crippen LogP contribution in [0.5, 0.6) is 0 Å². The van der Waals surface area contributed by atoms with Crippen LogP contribution in [0.15, 0.2) is 27.6 Å². The van der Waals surface area contributed by atoms with E-state index in [0.29, 0.717) is 30.1 Å². The second-order valence-corrected chi connectivity index (χ2v) is 8.11. The van der Waals surface area contributed by atoms with Crippen molar-refractivity contribution < 1.29 is 14.0 Å². The molecule has 0 radical (unpaired) electrons. The van der Waals surface area contributed by atoms with Crippen molar-refractivity contribution in [3.05, 3.63) is 24.1 Å². The van der Waals surface area contributed by atoms with Crippen LogP contribution in [0.1, 0.15) is 38.0 Å². The average molecular weight is 438 g/mol.